The number of nitrogens with zero attached hydrogens (tertiary/aromatic N) is 5. The monoisotopic (exact) mass is 398 g/mol. The van der Waals surface area contributed by atoms with Gasteiger partial charge in [0, 0.05) is 43.6 Å². The van der Waals surface area contributed by atoms with E-state index in [9.17, 15) is 8.78 Å². The third kappa shape index (κ3) is 4.54. The van der Waals surface area contributed by atoms with Crippen molar-refractivity contribution in [2.24, 2.45) is 0 Å². The van der Waals surface area contributed by atoms with Crippen LogP contribution < -0.4 is 10.2 Å². The highest BCUT2D eigenvalue weighted by Crippen LogP contribution is 2.25. The molecule has 0 bridgehead atoms. The number of nitrogens with one attached hydrogen (secondary N) is 1. The fourth-order valence-corrected chi connectivity index (χ4v) is 3.59. The lowest BCUT2D eigenvalue weighted by Crippen LogP contribution is -2.46. The summed E-state index contributed by atoms with van der Waals surface area (Å²) in [6.45, 7) is 9.43. The first-order valence-electron chi connectivity index (χ1n) is 9.74. The van der Waals surface area contributed by atoms with E-state index < -0.39 is 11.6 Å². The molecule has 2 heterocycles. The number of aryl methyl sites for hydroxylation is 1. The van der Waals surface area contributed by atoms with Crippen molar-refractivity contribution in [1.29, 1.82) is 0 Å². The first kappa shape index (κ1) is 19.3. The highest BCUT2D eigenvalue weighted by molar-refractivity contribution is 5.64. The fraction of sp³-hybridized carbons (Fsp3) is 0.333. The van der Waals surface area contributed by atoms with Crippen molar-refractivity contribution in [1.82, 2.24) is 19.7 Å². The predicted molar refractivity (Wildman–Crippen MR) is 110 cm³/mol. The molecule has 1 aliphatic heterocycles. The molecule has 0 saturated carbocycles. The standard InChI is InChI=1S/C21H24F2N6/c1-3-27-4-6-28(7-5-27)19-9-15(2)8-18(13-19)25-21-24-14-29(26-21)20-11-16(22)10-17(23)12-20/h8-14H,3-7H2,1-2H3,(H,25,26). The number of benzene rings is 2. The third-order valence-electron chi connectivity index (χ3n) is 5.11. The summed E-state index contributed by atoms with van der Waals surface area (Å²) in [6, 6.07) is 9.53. The van der Waals surface area contributed by atoms with Crippen LogP contribution in [0.4, 0.5) is 26.1 Å². The van der Waals surface area contributed by atoms with Crippen molar-refractivity contribution in [2.45, 2.75) is 13.8 Å². The van der Waals surface area contributed by atoms with Crippen LogP contribution in [0.2, 0.25) is 0 Å². The molecule has 0 radical (unpaired) electrons. The summed E-state index contributed by atoms with van der Waals surface area (Å²) in [7, 11) is 0. The van der Waals surface area contributed by atoms with E-state index in [-0.39, 0.29) is 5.69 Å². The Labute approximate surface area is 168 Å². The maximum atomic E-state index is 13.5. The SMILES string of the molecule is CCN1CCN(c2cc(C)cc(Nc3ncn(-c4cc(F)cc(F)c4)n3)c2)CC1. The van der Waals surface area contributed by atoms with Gasteiger partial charge in [-0.05, 0) is 49.4 Å². The summed E-state index contributed by atoms with van der Waals surface area (Å²) >= 11 is 0. The number of aromatic nitrogens is 3. The Balaban J connectivity index is 1.51. The first-order valence-corrected chi connectivity index (χ1v) is 9.74. The number of hydrogen-bond acceptors (Lipinski definition) is 5. The van der Waals surface area contributed by atoms with E-state index in [0.29, 0.717) is 5.95 Å². The van der Waals surface area contributed by atoms with Crippen LogP contribution in [0, 0.1) is 18.6 Å². The molecule has 4 rings (SSSR count). The molecule has 1 aliphatic rings. The molecular weight excluding hydrogens is 374 g/mol. The number of rotatable bonds is 5. The quantitative estimate of drug-likeness (QED) is 0.710. The van der Waals surface area contributed by atoms with Crippen molar-refractivity contribution in [3.8, 4) is 5.69 Å². The molecule has 8 heteroatoms. The van der Waals surface area contributed by atoms with Crippen LogP contribution >= 0.6 is 0 Å². The topological polar surface area (TPSA) is 49.2 Å². The second kappa shape index (κ2) is 8.16. The van der Waals surface area contributed by atoms with Crippen LogP contribution in [0.25, 0.3) is 5.69 Å². The minimum Gasteiger partial charge on any atom is -0.369 e. The van der Waals surface area contributed by atoms with Gasteiger partial charge >= 0.3 is 0 Å². The lowest BCUT2D eigenvalue weighted by Gasteiger charge is -2.35. The molecular formula is C21H24F2N6. The molecule has 0 amide bonds. The molecule has 3 aromatic rings. The zero-order valence-electron chi connectivity index (χ0n) is 16.6. The van der Waals surface area contributed by atoms with E-state index >= 15 is 0 Å². The third-order valence-corrected chi connectivity index (χ3v) is 5.11. The maximum Gasteiger partial charge on any atom is 0.246 e. The van der Waals surface area contributed by atoms with E-state index in [2.05, 4.69) is 51.2 Å². The van der Waals surface area contributed by atoms with Crippen molar-refractivity contribution < 1.29 is 8.78 Å². The molecule has 1 aromatic heterocycles. The fourth-order valence-electron chi connectivity index (χ4n) is 3.59. The molecule has 152 valence electrons. The Morgan fingerprint density at radius 1 is 0.931 bits per heavy atom. The number of hydrogen-bond donors (Lipinski definition) is 1. The summed E-state index contributed by atoms with van der Waals surface area (Å²) in [4.78, 5) is 9.04. The van der Waals surface area contributed by atoms with E-state index in [0.717, 1.165) is 55.7 Å². The van der Waals surface area contributed by atoms with Gasteiger partial charge in [-0.25, -0.2) is 13.5 Å². The van der Waals surface area contributed by atoms with Gasteiger partial charge < -0.3 is 15.1 Å². The largest absolute Gasteiger partial charge is 0.369 e. The predicted octanol–water partition coefficient (Wildman–Crippen LogP) is 3.74. The van der Waals surface area contributed by atoms with Crippen molar-refractivity contribution in [3.63, 3.8) is 0 Å². The highest BCUT2D eigenvalue weighted by Gasteiger charge is 2.17. The normalized spacial score (nSPS) is 15.0. The van der Waals surface area contributed by atoms with Crippen molar-refractivity contribution in [3.05, 3.63) is 59.9 Å². The van der Waals surface area contributed by atoms with Crippen LogP contribution in [0.15, 0.2) is 42.7 Å². The van der Waals surface area contributed by atoms with E-state index in [4.69, 9.17) is 0 Å². The summed E-state index contributed by atoms with van der Waals surface area (Å²) in [5, 5.41) is 7.49. The van der Waals surface area contributed by atoms with Crippen LogP contribution in [-0.2, 0) is 0 Å². The minimum atomic E-state index is -0.656. The van der Waals surface area contributed by atoms with Crippen molar-refractivity contribution in [2.75, 3.05) is 42.9 Å². The van der Waals surface area contributed by atoms with Gasteiger partial charge in [0.15, 0.2) is 0 Å². The smallest absolute Gasteiger partial charge is 0.246 e. The van der Waals surface area contributed by atoms with Crippen LogP contribution in [-0.4, -0.2) is 52.4 Å². The van der Waals surface area contributed by atoms with E-state index in [1.807, 2.05) is 6.07 Å². The van der Waals surface area contributed by atoms with Crippen LogP contribution in [0.1, 0.15) is 12.5 Å². The average molecular weight is 398 g/mol. The maximum absolute atomic E-state index is 13.5. The lowest BCUT2D eigenvalue weighted by molar-refractivity contribution is 0.271. The zero-order chi connectivity index (χ0) is 20.4. The van der Waals surface area contributed by atoms with Gasteiger partial charge in [-0.15, -0.1) is 5.10 Å². The molecule has 0 spiro atoms. The average Bonchev–Trinajstić information content (AvgIpc) is 3.15. The molecule has 0 aliphatic carbocycles. The van der Waals surface area contributed by atoms with Gasteiger partial charge in [-0.2, -0.15) is 4.98 Å². The number of halogens is 2. The van der Waals surface area contributed by atoms with Gasteiger partial charge in [0.05, 0.1) is 5.69 Å². The molecule has 29 heavy (non-hydrogen) atoms. The molecule has 1 saturated heterocycles. The first-order chi connectivity index (χ1) is 14.0. The Kier molecular flexibility index (Phi) is 5.44. The van der Waals surface area contributed by atoms with Crippen molar-refractivity contribution >= 4 is 17.3 Å². The van der Waals surface area contributed by atoms with Crippen LogP contribution in [0.3, 0.4) is 0 Å². The van der Waals surface area contributed by atoms with Gasteiger partial charge in [-0.1, -0.05) is 6.92 Å². The summed E-state index contributed by atoms with van der Waals surface area (Å²) < 4.78 is 28.3. The Morgan fingerprint density at radius 3 is 2.34 bits per heavy atom. The summed E-state index contributed by atoms with van der Waals surface area (Å²) in [5.74, 6) is -0.949. The second-order valence-electron chi connectivity index (χ2n) is 7.24. The lowest BCUT2D eigenvalue weighted by atomic mass is 10.1. The van der Waals surface area contributed by atoms with E-state index in [1.165, 1.54) is 23.1 Å². The Bertz CT molecular complexity index is 974. The Morgan fingerprint density at radius 2 is 1.66 bits per heavy atom. The minimum absolute atomic E-state index is 0.279. The summed E-state index contributed by atoms with van der Waals surface area (Å²) in [5.41, 5.74) is 3.45. The van der Waals surface area contributed by atoms with E-state index in [1.54, 1.807) is 0 Å². The zero-order valence-corrected chi connectivity index (χ0v) is 16.6. The molecule has 1 N–H and O–H groups in total. The van der Waals surface area contributed by atoms with Gasteiger partial charge in [0.2, 0.25) is 5.95 Å². The second-order valence-corrected chi connectivity index (χ2v) is 7.24. The Hall–Kier alpha value is -3.00. The van der Waals surface area contributed by atoms with Gasteiger partial charge in [0.25, 0.3) is 0 Å². The summed E-state index contributed by atoms with van der Waals surface area (Å²) in [6.07, 6.45) is 1.43. The molecule has 0 atom stereocenters. The molecule has 1 fully saturated rings. The van der Waals surface area contributed by atoms with Crippen LogP contribution in [0.5, 0.6) is 0 Å². The molecule has 2 aromatic carbocycles. The number of likely N-dealkylation sites (N-methyl/N-ethyl adjacent to an activating group) is 1. The number of piperazine rings is 1. The molecule has 6 nitrogen and oxygen atoms in total. The van der Waals surface area contributed by atoms with Gasteiger partial charge in [-0.3, -0.25) is 0 Å². The van der Waals surface area contributed by atoms with Gasteiger partial charge in [0.1, 0.15) is 18.0 Å². The molecule has 0 unspecified atom stereocenters. The highest BCUT2D eigenvalue weighted by atomic mass is 19.1. The number of anilines is 3.